The van der Waals surface area contributed by atoms with E-state index in [0.29, 0.717) is 11.4 Å². The molecule has 0 unspecified atom stereocenters. The van der Waals surface area contributed by atoms with Gasteiger partial charge in [-0.15, -0.1) is 5.10 Å². The van der Waals surface area contributed by atoms with E-state index in [1.807, 2.05) is 24.3 Å². The summed E-state index contributed by atoms with van der Waals surface area (Å²) in [4.78, 5) is 5.04. The molecule has 7 nitrogen and oxygen atoms in total. The Hall–Kier alpha value is -3.56. The predicted molar refractivity (Wildman–Crippen MR) is 132 cm³/mol. The maximum Gasteiger partial charge on any atom is 0.135 e. The molecule has 2 N–H and O–H groups in total. The first-order valence-electron chi connectivity index (χ1n) is 12.4. The van der Waals surface area contributed by atoms with Gasteiger partial charge in [-0.25, -0.2) is 8.78 Å². The number of benzene rings is 1. The van der Waals surface area contributed by atoms with E-state index >= 15 is 0 Å². The molecule has 2 aliphatic carbocycles. The fraction of sp³-hybridized carbons (Fsp3) is 0.357. The van der Waals surface area contributed by atoms with Crippen LogP contribution in [0.25, 0.3) is 22.6 Å². The normalized spacial score (nSPS) is 22.3. The molecule has 1 fully saturated rings. The number of hydrogen-bond acceptors (Lipinski definition) is 6. The Balaban J connectivity index is 1.43. The van der Waals surface area contributed by atoms with E-state index in [1.54, 1.807) is 16.9 Å². The lowest BCUT2D eigenvalue weighted by Gasteiger charge is -2.37. The first-order valence-corrected chi connectivity index (χ1v) is 12.4. The van der Waals surface area contributed by atoms with E-state index in [9.17, 15) is 13.9 Å². The van der Waals surface area contributed by atoms with E-state index in [2.05, 4.69) is 29.1 Å². The van der Waals surface area contributed by atoms with Gasteiger partial charge in [-0.1, -0.05) is 26.0 Å². The highest BCUT2D eigenvalue weighted by molar-refractivity contribution is 5.64. The maximum absolute atomic E-state index is 14.5. The molecule has 2 aliphatic rings. The van der Waals surface area contributed by atoms with Crippen LogP contribution in [0.4, 0.5) is 8.78 Å². The van der Waals surface area contributed by atoms with Crippen LogP contribution in [0.15, 0.2) is 54.7 Å². The molecule has 4 aromatic rings. The molecule has 1 saturated carbocycles. The topological polar surface area (TPSA) is 97.0 Å². The van der Waals surface area contributed by atoms with Crippen LogP contribution in [-0.2, 0) is 12.0 Å². The third kappa shape index (κ3) is 3.44. The summed E-state index contributed by atoms with van der Waals surface area (Å²) in [6.45, 7) is 4.25. The molecule has 37 heavy (non-hydrogen) atoms. The molecule has 6 rings (SSSR count). The second-order valence-electron chi connectivity index (χ2n) is 10.5. The van der Waals surface area contributed by atoms with Gasteiger partial charge < -0.3 is 10.2 Å². The third-order valence-electron chi connectivity index (χ3n) is 8.30. The SMILES string of the molecule is CC1(C)[C@H]2CC[C@]1(c1cccc(-c3ccn(C[C@H](O)CO)n3)n1)c1nnc(-c3c(F)cccc3F)cc12. The van der Waals surface area contributed by atoms with Crippen molar-refractivity contribution in [1.29, 1.82) is 0 Å². The Morgan fingerprint density at radius 2 is 1.78 bits per heavy atom. The molecule has 3 heterocycles. The summed E-state index contributed by atoms with van der Waals surface area (Å²) in [5.41, 5.74) is 3.29. The summed E-state index contributed by atoms with van der Waals surface area (Å²) < 4.78 is 30.6. The Morgan fingerprint density at radius 3 is 2.54 bits per heavy atom. The van der Waals surface area contributed by atoms with Gasteiger partial charge in [0, 0.05) is 6.20 Å². The average molecular weight is 504 g/mol. The zero-order valence-electron chi connectivity index (χ0n) is 20.6. The van der Waals surface area contributed by atoms with Gasteiger partial charge in [0.2, 0.25) is 0 Å². The summed E-state index contributed by atoms with van der Waals surface area (Å²) >= 11 is 0. The molecule has 9 heteroatoms. The molecule has 0 spiro atoms. The molecule has 2 bridgehead atoms. The number of aliphatic hydroxyl groups is 2. The third-order valence-corrected chi connectivity index (χ3v) is 8.30. The van der Waals surface area contributed by atoms with Crippen molar-refractivity contribution in [2.45, 2.75) is 50.7 Å². The number of hydrogen-bond donors (Lipinski definition) is 2. The Morgan fingerprint density at radius 1 is 1.03 bits per heavy atom. The van der Waals surface area contributed by atoms with Gasteiger partial charge in [0.05, 0.1) is 53.0 Å². The molecule has 0 saturated heterocycles. The second kappa shape index (κ2) is 8.49. The molecule has 1 aromatic carbocycles. The first kappa shape index (κ1) is 23.8. The molecule has 190 valence electrons. The van der Waals surface area contributed by atoms with Crippen LogP contribution < -0.4 is 0 Å². The minimum atomic E-state index is -0.890. The maximum atomic E-state index is 14.5. The average Bonchev–Trinajstić information content (AvgIpc) is 3.51. The van der Waals surface area contributed by atoms with E-state index < -0.39 is 23.2 Å². The molecule has 0 aliphatic heterocycles. The van der Waals surface area contributed by atoms with Crippen LogP contribution in [-0.4, -0.2) is 47.9 Å². The van der Waals surface area contributed by atoms with E-state index in [4.69, 9.17) is 10.1 Å². The Bertz CT molecular complexity index is 1480. The van der Waals surface area contributed by atoms with E-state index in [1.165, 1.54) is 18.2 Å². The minimum absolute atomic E-state index is 0.149. The monoisotopic (exact) mass is 503 g/mol. The lowest BCUT2D eigenvalue weighted by molar-refractivity contribution is 0.0783. The first-order chi connectivity index (χ1) is 17.8. The predicted octanol–water partition coefficient (Wildman–Crippen LogP) is 4.24. The van der Waals surface area contributed by atoms with Crippen molar-refractivity contribution < 1.29 is 19.0 Å². The zero-order valence-corrected chi connectivity index (χ0v) is 20.6. The van der Waals surface area contributed by atoms with Crippen molar-refractivity contribution in [3.8, 4) is 22.6 Å². The Kier molecular flexibility index (Phi) is 5.47. The summed E-state index contributed by atoms with van der Waals surface area (Å²) in [7, 11) is 0. The van der Waals surface area contributed by atoms with Crippen LogP contribution in [0.2, 0.25) is 0 Å². The number of pyridine rings is 1. The molecule has 3 aromatic heterocycles. The lowest BCUT2D eigenvalue weighted by atomic mass is 9.66. The highest BCUT2D eigenvalue weighted by Crippen LogP contribution is 2.69. The fourth-order valence-electron chi connectivity index (χ4n) is 6.45. The van der Waals surface area contributed by atoms with Crippen LogP contribution in [0.3, 0.4) is 0 Å². The smallest absolute Gasteiger partial charge is 0.135 e. The van der Waals surface area contributed by atoms with Gasteiger partial charge in [0.15, 0.2) is 0 Å². The van der Waals surface area contributed by atoms with Gasteiger partial charge >= 0.3 is 0 Å². The van der Waals surface area contributed by atoms with Gasteiger partial charge in [0.25, 0.3) is 0 Å². The van der Waals surface area contributed by atoms with Crippen molar-refractivity contribution in [1.82, 2.24) is 25.0 Å². The van der Waals surface area contributed by atoms with Crippen molar-refractivity contribution in [2.24, 2.45) is 5.41 Å². The van der Waals surface area contributed by atoms with Crippen LogP contribution >= 0.6 is 0 Å². The number of nitrogens with zero attached hydrogens (tertiary/aromatic N) is 5. The summed E-state index contributed by atoms with van der Waals surface area (Å²) in [5, 5.41) is 32.3. The van der Waals surface area contributed by atoms with Gasteiger partial charge in [0.1, 0.15) is 17.3 Å². The summed E-state index contributed by atoms with van der Waals surface area (Å²) in [6.07, 6.45) is 2.60. The largest absolute Gasteiger partial charge is 0.394 e. The fourth-order valence-corrected chi connectivity index (χ4v) is 6.45. The van der Waals surface area contributed by atoms with Gasteiger partial charge in [-0.2, -0.15) is 10.2 Å². The number of aromatic nitrogens is 5. The molecular formula is C28H27F2N5O2. The van der Waals surface area contributed by atoms with Crippen LogP contribution in [0.1, 0.15) is 49.6 Å². The minimum Gasteiger partial charge on any atom is -0.394 e. The second-order valence-corrected chi connectivity index (χ2v) is 10.5. The Labute approximate surface area is 212 Å². The quantitative estimate of drug-likeness (QED) is 0.409. The number of halogens is 2. The van der Waals surface area contributed by atoms with E-state index in [-0.39, 0.29) is 35.7 Å². The van der Waals surface area contributed by atoms with Crippen molar-refractivity contribution >= 4 is 0 Å². The summed E-state index contributed by atoms with van der Waals surface area (Å²) in [5.74, 6) is -1.17. The van der Waals surface area contributed by atoms with Crippen LogP contribution in [0.5, 0.6) is 0 Å². The number of fused-ring (bicyclic) bond motifs is 5. The molecule has 3 atom stereocenters. The van der Waals surface area contributed by atoms with Crippen molar-refractivity contribution in [3.05, 3.63) is 83.3 Å². The van der Waals surface area contributed by atoms with Crippen molar-refractivity contribution in [2.75, 3.05) is 6.61 Å². The van der Waals surface area contributed by atoms with Crippen LogP contribution in [0, 0.1) is 17.0 Å². The van der Waals surface area contributed by atoms with E-state index in [0.717, 1.165) is 29.8 Å². The van der Waals surface area contributed by atoms with Crippen molar-refractivity contribution in [3.63, 3.8) is 0 Å². The number of aliphatic hydroxyl groups excluding tert-OH is 2. The van der Waals surface area contributed by atoms with Gasteiger partial charge in [-0.05, 0) is 66.1 Å². The standard InChI is InChI=1S/C28H27F2N5O2/c1-27(2)18-9-11-28(27,26-17(18)13-23(32-33-26)25-19(29)5-3-6-20(25)30)24-8-4-7-21(31-24)22-10-12-35(34-22)14-16(37)15-36/h3-8,10,12-13,16,18,36-37H,9,11,14-15H2,1-2H3/t16-,18-,28-/m0/s1. The number of rotatable bonds is 6. The summed E-state index contributed by atoms with van der Waals surface area (Å²) in [6, 6.07) is 13.3. The molecular weight excluding hydrogens is 476 g/mol. The molecule has 0 radical (unpaired) electrons. The molecule has 0 amide bonds. The highest BCUT2D eigenvalue weighted by Gasteiger charge is 2.65. The lowest BCUT2D eigenvalue weighted by Crippen LogP contribution is -2.37. The zero-order chi connectivity index (χ0) is 25.9. The highest BCUT2D eigenvalue weighted by atomic mass is 19.1. The van der Waals surface area contributed by atoms with Gasteiger partial charge in [-0.3, -0.25) is 9.67 Å².